The lowest BCUT2D eigenvalue weighted by Crippen LogP contribution is -2.47. The van der Waals surface area contributed by atoms with Crippen LogP contribution in [0.2, 0.25) is 0 Å². The van der Waals surface area contributed by atoms with Gasteiger partial charge in [0, 0.05) is 34.9 Å². The average Bonchev–Trinajstić information content (AvgIpc) is 3.68. The highest BCUT2D eigenvalue weighted by atomic mass is 32.2. The van der Waals surface area contributed by atoms with Gasteiger partial charge in [0.15, 0.2) is 29.9 Å². The first-order chi connectivity index (χ1) is 21.3. The van der Waals surface area contributed by atoms with Gasteiger partial charge in [0.05, 0.1) is 21.9 Å². The smallest absolute Gasteiger partial charge is 0.247 e. The number of sulfone groups is 2. The Bertz CT molecular complexity index is 1730. The molecule has 4 aromatic rings. The number of carbonyl (C=O) groups excluding carboxylic acids is 2. The maximum atomic E-state index is 12.4. The Morgan fingerprint density at radius 1 is 0.696 bits per heavy atom. The number of thiazole rings is 2. The van der Waals surface area contributed by atoms with Crippen molar-refractivity contribution in [3.05, 3.63) is 59.7 Å². The standard InChI is InChI=1S/2C15H19N3O3S2/c1-10(2)23(20,21)15(3,4)13(19)18-14-17-12(9-22-14)11-6-5-7-16-8-11;1-10(2)23(20,21)15(3,4)13(19)18-14-17-12(9-22-14)11-7-5-6-8-16-11/h2*5-10H,1-4H3,(H,17,18,19). The zero-order valence-corrected chi connectivity index (χ0v) is 30.1. The molecule has 0 saturated carbocycles. The van der Waals surface area contributed by atoms with Crippen LogP contribution in [0.1, 0.15) is 55.4 Å². The number of nitrogens with one attached hydrogen (secondary N) is 2. The summed E-state index contributed by atoms with van der Waals surface area (Å²) in [4.78, 5) is 41.6. The molecular formula is C30H38N6O6S4. The van der Waals surface area contributed by atoms with Crippen molar-refractivity contribution in [2.45, 2.75) is 75.4 Å². The van der Waals surface area contributed by atoms with E-state index in [0.29, 0.717) is 27.3 Å². The van der Waals surface area contributed by atoms with E-state index in [1.165, 1.54) is 50.4 Å². The van der Waals surface area contributed by atoms with E-state index in [4.69, 9.17) is 0 Å². The van der Waals surface area contributed by atoms with Gasteiger partial charge in [-0.3, -0.25) is 19.6 Å². The number of aromatic nitrogens is 4. The highest BCUT2D eigenvalue weighted by Gasteiger charge is 2.44. The first-order valence-electron chi connectivity index (χ1n) is 14.1. The SMILES string of the molecule is CC(C)S(=O)(=O)C(C)(C)C(=O)Nc1nc(-c2ccccn2)cs1.CC(C)S(=O)(=O)C(C)(C)C(=O)Nc1nc(-c2cccnc2)cs1. The number of pyridine rings is 2. The molecule has 248 valence electrons. The van der Waals surface area contributed by atoms with E-state index in [1.54, 1.807) is 69.2 Å². The summed E-state index contributed by atoms with van der Waals surface area (Å²) in [5, 5.41) is 8.19. The minimum atomic E-state index is -3.59. The minimum absolute atomic E-state index is 0.350. The zero-order chi connectivity index (χ0) is 34.5. The number of amides is 2. The molecule has 0 aromatic carbocycles. The number of rotatable bonds is 10. The van der Waals surface area contributed by atoms with E-state index in [2.05, 4.69) is 30.6 Å². The fourth-order valence-electron chi connectivity index (χ4n) is 3.87. The van der Waals surface area contributed by atoms with Crippen LogP contribution < -0.4 is 10.6 Å². The summed E-state index contributed by atoms with van der Waals surface area (Å²) in [5.41, 5.74) is 2.84. The van der Waals surface area contributed by atoms with Crippen LogP contribution in [0.25, 0.3) is 22.6 Å². The molecule has 2 N–H and O–H groups in total. The van der Waals surface area contributed by atoms with Gasteiger partial charge in [0.1, 0.15) is 15.2 Å². The maximum Gasteiger partial charge on any atom is 0.247 e. The van der Waals surface area contributed by atoms with E-state index >= 15 is 0 Å². The van der Waals surface area contributed by atoms with Crippen molar-refractivity contribution in [1.82, 2.24) is 19.9 Å². The molecule has 4 aromatic heterocycles. The average molecular weight is 707 g/mol. The molecule has 0 spiro atoms. The second-order valence-corrected chi connectivity index (χ2v) is 19.5. The van der Waals surface area contributed by atoms with Crippen LogP contribution >= 0.6 is 22.7 Å². The number of carbonyl (C=O) groups is 2. The van der Waals surface area contributed by atoms with Crippen molar-refractivity contribution in [3.63, 3.8) is 0 Å². The van der Waals surface area contributed by atoms with Crippen LogP contribution in [0.4, 0.5) is 10.3 Å². The molecule has 46 heavy (non-hydrogen) atoms. The molecule has 0 aliphatic rings. The lowest BCUT2D eigenvalue weighted by molar-refractivity contribution is -0.118. The molecule has 16 heteroatoms. The summed E-state index contributed by atoms with van der Waals surface area (Å²) in [6, 6.07) is 9.12. The number of hydrogen-bond donors (Lipinski definition) is 2. The van der Waals surface area contributed by atoms with Gasteiger partial charge in [-0.25, -0.2) is 26.8 Å². The summed E-state index contributed by atoms with van der Waals surface area (Å²) in [5.74, 6) is -1.17. The van der Waals surface area contributed by atoms with E-state index < -0.39 is 51.5 Å². The molecule has 0 radical (unpaired) electrons. The van der Waals surface area contributed by atoms with Crippen molar-refractivity contribution >= 4 is 64.4 Å². The van der Waals surface area contributed by atoms with Crippen molar-refractivity contribution in [1.29, 1.82) is 0 Å². The molecular weight excluding hydrogens is 669 g/mol. The van der Waals surface area contributed by atoms with Crippen LogP contribution in [-0.2, 0) is 29.3 Å². The van der Waals surface area contributed by atoms with Gasteiger partial charge in [-0.15, -0.1) is 22.7 Å². The van der Waals surface area contributed by atoms with Gasteiger partial charge in [0.2, 0.25) is 11.8 Å². The maximum absolute atomic E-state index is 12.4. The molecule has 0 aliphatic heterocycles. The summed E-state index contributed by atoms with van der Waals surface area (Å²) >= 11 is 2.47. The molecule has 4 heterocycles. The molecule has 0 aliphatic carbocycles. The van der Waals surface area contributed by atoms with Crippen LogP contribution in [0.5, 0.6) is 0 Å². The third kappa shape index (κ3) is 8.03. The molecule has 0 atom stereocenters. The molecule has 0 fully saturated rings. The molecule has 0 saturated heterocycles. The van der Waals surface area contributed by atoms with Gasteiger partial charge >= 0.3 is 0 Å². The summed E-state index contributed by atoms with van der Waals surface area (Å²) in [7, 11) is -7.17. The van der Waals surface area contributed by atoms with E-state index in [-0.39, 0.29) is 0 Å². The Labute approximate surface area is 278 Å². The van der Waals surface area contributed by atoms with Crippen LogP contribution in [0, 0.1) is 0 Å². The molecule has 4 rings (SSSR count). The minimum Gasteiger partial charge on any atom is -0.301 e. The summed E-state index contributed by atoms with van der Waals surface area (Å²) in [6.45, 7) is 11.9. The Kier molecular flexibility index (Phi) is 11.6. The van der Waals surface area contributed by atoms with E-state index in [1.807, 2.05) is 18.2 Å². The third-order valence-electron chi connectivity index (χ3n) is 7.09. The first-order valence-corrected chi connectivity index (χ1v) is 19.0. The molecule has 0 unspecified atom stereocenters. The van der Waals surface area contributed by atoms with Gasteiger partial charge in [-0.2, -0.15) is 0 Å². The Hall–Kier alpha value is -3.60. The van der Waals surface area contributed by atoms with Crippen molar-refractivity contribution in [2.75, 3.05) is 10.6 Å². The zero-order valence-electron chi connectivity index (χ0n) is 26.8. The van der Waals surface area contributed by atoms with E-state index in [9.17, 15) is 26.4 Å². The Morgan fingerprint density at radius 3 is 1.63 bits per heavy atom. The fraction of sp³-hybridized carbons (Fsp3) is 0.400. The van der Waals surface area contributed by atoms with Crippen LogP contribution in [0.3, 0.4) is 0 Å². The summed E-state index contributed by atoms with van der Waals surface area (Å²) < 4.78 is 46.2. The largest absolute Gasteiger partial charge is 0.301 e. The van der Waals surface area contributed by atoms with Gasteiger partial charge in [-0.05, 0) is 79.7 Å². The van der Waals surface area contributed by atoms with Gasteiger partial charge in [-0.1, -0.05) is 6.07 Å². The quantitative estimate of drug-likeness (QED) is 0.214. The predicted octanol–water partition coefficient (Wildman–Crippen LogP) is 5.49. The van der Waals surface area contributed by atoms with Crippen molar-refractivity contribution in [2.24, 2.45) is 0 Å². The second-order valence-electron chi connectivity index (χ2n) is 11.6. The van der Waals surface area contributed by atoms with Crippen LogP contribution in [-0.4, -0.2) is 68.6 Å². The number of anilines is 2. The first kappa shape index (κ1) is 36.9. The van der Waals surface area contributed by atoms with E-state index in [0.717, 1.165) is 5.56 Å². The normalized spacial score (nSPS) is 12.4. The third-order valence-corrected chi connectivity index (χ3v) is 14.3. The van der Waals surface area contributed by atoms with Gasteiger partial charge in [0.25, 0.3) is 0 Å². The molecule has 2 amide bonds. The number of nitrogens with zero attached hydrogens (tertiary/aromatic N) is 4. The van der Waals surface area contributed by atoms with Crippen molar-refractivity contribution < 1.29 is 26.4 Å². The monoisotopic (exact) mass is 706 g/mol. The summed E-state index contributed by atoms with van der Waals surface area (Å²) in [6.07, 6.45) is 5.00. The van der Waals surface area contributed by atoms with Gasteiger partial charge < -0.3 is 10.6 Å². The Morgan fingerprint density at radius 2 is 1.20 bits per heavy atom. The van der Waals surface area contributed by atoms with Crippen LogP contribution in [0.15, 0.2) is 59.7 Å². The fourth-order valence-corrected chi connectivity index (χ4v) is 8.26. The highest BCUT2D eigenvalue weighted by Crippen LogP contribution is 2.29. The lowest BCUT2D eigenvalue weighted by Gasteiger charge is -2.25. The molecule has 12 nitrogen and oxygen atoms in total. The predicted molar refractivity (Wildman–Crippen MR) is 184 cm³/mol. The Balaban J connectivity index is 0.000000250. The lowest BCUT2D eigenvalue weighted by atomic mass is 10.2. The highest BCUT2D eigenvalue weighted by molar-refractivity contribution is 7.94. The second kappa shape index (κ2) is 14.4. The van der Waals surface area contributed by atoms with Crippen molar-refractivity contribution in [3.8, 4) is 22.6 Å². The molecule has 0 bridgehead atoms. The number of hydrogen-bond acceptors (Lipinski definition) is 12. The topological polar surface area (TPSA) is 178 Å².